The molecule has 94 valence electrons. The first-order valence-corrected chi connectivity index (χ1v) is 5.34. The van der Waals surface area contributed by atoms with Gasteiger partial charge in [0.25, 0.3) is 0 Å². The van der Waals surface area contributed by atoms with Crippen molar-refractivity contribution in [3.63, 3.8) is 0 Å². The summed E-state index contributed by atoms with van der Waals surface area (Å²) in [5.41, 5.74) is 0.956. The molecule has 0 fully saturated rings. The van der Waals surface area contributed by atoms with Gasteiger partial charge in [-0.15, -0.1) is 0 Å². The lowest BCUT2D eigenvalue weighted by molar-refractivity contribution is 0.192. The van der Waals surface area contributed by atoms with Crippen LogP contribution in [0.1, 0.15) is 5.56 Å². The van der Waals surface area contributed by atoms with Crippen molar-refractivity contribution in [1.82, 2.24) is 5.32 Å². The van der Waals surface area contributed by atoms with E-state index in [4.69, 9.17) is 15.1 Å². The minimum Gasteiger partial charge on any atom is -0.497 e. The number of nitriles is 1. The average Bonchev–Trinajstić information content (AvgIpc) is 2.36. The number of methoxy groups -OCH3 is 1. The second kappa shape index (κ2) is 6.97. The van der Waals surface area contributed by atoms with Gasteiger partial charge in [0, 0.05) is 6.08 Å². The Morgan fingerprint density at radius 2 is 2.22 bits per heavy atom. The largest absolute Gasteiger partial charge is 0.497 e. The summed E-state index contributed by atoms with van der Waals surface area (Å²) >= 11 is 0. The fourth-order valence-corrected chi connectivity index (χ4v) is 1.50. The summed E-state index contributed by atoms with van der Waals surface area (Å²) < 4.78 is 5.04. The second-order valence-electron chi connectivity index (χ2n) is 3.60. The summed E-state index contributed by atoms with van der Waals surface area (Å²) in [7, 11) is 1.58. The van der Waals surface area contributed by atoms with Crippen LogP contribution < -0.4 is 10.1 Å². The maximum atomic E-state index is 10.6. The molecule has 0 saturated heterocycles. The van der Waals surface area contributed by atoms with Crippen molar-refractivity contribution >= 4 is 6.09 Å². The van der Waals surface area contributed by atoms with Crippen LogP contribution in [0.2, 0.25) is 0 Å². The summed E-state index contributed by atoms with van der Waals surface area (Å²) in [5.74, 6) is 0.745. The van der Waals surface area contributed by atoms with Crippen molar-refractivity contribution in [2.75, 3.05) is 7.11 Å². The van der Waals surface area contributed by atoms with Crippen molar-refractivity contribution in [3.05, 3.63) is 42.0 Å². The van der Waals surface area contributed by atoms with E-state index in [1.165, 1.54) is 12.2 Å². The van der Waals surface area contributed by atoms with Gasteiger partial charge in [-0.2, -0.15) is 5.26 Å². The first-order chi connectivity index (χ1) is 8.65. The zero-order chi connectivity index (χ0) is 13.4. The van der Waals surface area contributed by atoms with Crippen LogP contribution in [0.3, 0.4) is 0 Å². The van der Waals surface area contributed by atoms with Gasteiger partial charge in [0.1, 0.15) is 5.75 Å². The lowest BCUT2D eigenvalue weighted by Gasteiger charge is -2.12. The molecule has 1 atom stereocenters. The average molecular weight is 246 g/mol. The minimum absolute atomic E-state index is 0.421. The number of rotatable bonds is 5. The van der Waals surface area contributed by atoms with Crippen LogP contribution in [0, 0.1) is 11.3 Å². The number of hydrogen-bond acceptors (Lipinski definition) is 3. The minimum atomic E-state index is -1.11. The molecule has 0 saturated carbocycles. The number of allylic oxidation sites excluding steroid dienone is 1. The number of hydrogen-bond donors (Lipinski definition) is 2. The monoisotopic (exact) mass is 246 g/mol. The summed E-state index contributed by atoms with van der Waals surface area (Å²) in [6.45, 7) is 0. The van der Waals surface area contributed by atoms with E-state index >= 15 is 0 Å². The van der Waals surface area contributed by atoms with Gasteiger partial charge in [0.2, 0.25) is 0 Å². The Hall–Kier alpha value is -2.48. The van der Waals surface area contributed by atoms with E-state index in [2.05, 4.69) is 5.32 Å². The molecule has 1 unspecified atom stereocenters. The quantitative estimate of drug-likeness (QED) is 0.778. The molecule has 0 aromatic heterocycles. The van der Waals surface area contributed by atoms with Crippen molar-refractivity contribution in [1.29, 1.82) is 5.26 Å². The highest BCUT2D eigenvalue weighted by molar-refractivity contribution is 5.65. The molecular formula is C13H14N2O3. The summed E-state index contributed by atoms with van der Waals surface area (Å²) in [6, 6.07) is 8.75. The fraction of sp³-hybridized carbons (Fsp3) is 0.231. The predicted octanol–water partition coefficient (Wildman–Crippen LogP) is 1.95. The van der Waals surface area contributed by atoms with Gasteiger partial charge < -0.3 is 15.2 Å². The van der Waals surface area contributed by atoms with Crippen LogP contribution in [0.4, 0.5) is 4.79 Å². The van der Waals surface area contributed by atoms with E-state index in [1.807, 2.05) is 18.2 Å². The van der Waals surface area contributed by atoms with Gasteiger partial charge in [-0.05, 0) is 24.1 Å². The van der Waals surface area contributed by atoms with Gasteiger partial charge in [-0.25, -0.2) is 4.79 Å². The number of ether oxygens (including phenoxy) is 1. The molecule has 0 spiro atoms. The molecule has 18 heavy (non-hydrogen) atoms. The second-order valence-corrected chi connectivity index (χ2v) is 3.60. The van der Waals surface area contributed by atoms with E-state index in [1.54, 1.807) is 19.2 Å². The lowest BCUT2D eigenvalue weighted by Crippen LogP contribution is -2.33. The van der Waals surface area contributed by atoms with E-state index in [9.17, 15) is 4.79 Å². The third-order valence-electron chi connectivity index (χ3n) is 2.33. The Labute approximate surface area is 105 Å². The van der Waals surface area contributed by atoms with Crippen molar-refractivity contribution in [3.8, 4) is 11.8 Å². The Morgan fingerprint density at radius 1 is 1.56 bits per heavy atom. The summed E-state index contributed by atoms with van der Waals surface area (Å²) in [4.78, 5) is 10.6. The van der Waals surface area contributed by atoms with E-state index < -0.39 is 12.1 Å². The molecule has 0 heterocycles. The molecule has 1 aromatic carbocycles. The third-order valence-corrected chi connectivity index (χ3v) is 2.33. The fourth-order valence-electron chi connectivity index (χ4n) is 1.50. The smallest absolute Gasteiger partial charge is 0.405 e. The highest BCUT2D eigenvalue weighted by atomic mass is 16.5. The molecule has 0 radical (unpaired) electrons. The van der Waals surface area contributed by atoms with Gasteiger partial charge in [-0.3, -0.25) is 0 Å². The Balaban J connectivity index is 2.72. The van der Waals surface area contributed by atoms with E-state index in [0.717, 1.165) is 11.3 Å². The molecule has 1 amide bonds. The Morgan fingerprint density at radius 3 is 2.72 bits per heavy atom. The van der Waals surface area contributed by atoms with Crippen molar-refractivity contribution in [2.24, 2.45) is 0 Å². The van der Waals surface area contributed by atoms with Crippen LogP contribution in [0.15, 0.2) is 36.4 Å². The third kappa shape index (κ3) is 4.58. The van der Waals surface area contributed by atoms with Gasteiger partial charge in [0.15, 0.2) is 0 Å². The molecule has 0 aliphatic heterocycles. The number of benzene rings is 1. The molecule has 1 aromatic rings. The molecule has 0 aliphatic carbocycles. The van der Waals surface area contributed by atoms with Crippen LogP contribution in [0.25, 0.3) is 0 Å². The summed E-state index contributed by atoms with van der Waals surface area (Å²) in [5, 5.41) is 19.5. The highest BCUT2D eigenvalue weighted by Gasteiger charge is 2.08. The number of nitrogens with one attached hydrogen (secondary N) is 1. The molecule has 2 N–H and O–H groups in total. The SMILES string of the molecule is COc1ccc(CC(C=CC#N)NC(=O)O)cc1. The predicted molar refractivity (Wildman–Crippen MR) is 66.4 cm³/mol. The maximum Gasteiger partial charge on any atom is 0.405 e. The lowest BCUT2D eigenvalue weighted by atomic mass is 10.1. The number of nitrogens with zero attached hydrogens (tertiary/aromatic N) is 1. The molecule has 0 bridgehead atoms. The Bertz CT molecular complexity index is 460. The number of carbonyl (C=O) groups is 1. The zero-order valence-corrected chi connectivity index (χ0v) is 9.96. The molecule has 1 rings (SSSR count). The van der Waals surface area contributed by atoms with Gasteiger partial charge in [-0.1, -0.05) is 18.2 Å². The maximum absolute atomic E-state index is 10.6. The summed E-state index contributed by atoms with van der Waals surface area (Å²) in [6.07, 6.45) is 2.16. The van der Waals surface area contributed by atoms with Crippen LogP contribution in [0.5, 0.6) is 5.75 Å². The standard InChI is InChI=1S/C13H14N2O3/c1-18-12-6-4-10(5-7-12)9-11(3-2-8-14)15-13(16)17/h2-7,11,15H,9H2,1H3,(H,16,17). The first-order valence-electron chi connectivity index (χ1n) is 5.34. The van der Waals surface area contributed by atoms with Crippen LogP contribution >= 0.6 is 0 Å². The van der Waals surface area contributed by atoms with Crippen LogP contribution in [-0.4, -0.2) is 24.4 Å². The number of carboxylic acid groups (broad SMARTS) is 1. The molecule has 5 heteroatoms. The van der Waals surface area contributed by atoms with Gasteiger partial charge >= 0.3 is 6.09 Å². The van der Waals surface area contributed by atoms with E-state index in [-0.39, 0.29) is 0 Å². The molecule has 0 aliphatic rings. The molecular weight excluding hydrogens is 232 g/mol. The molecule has 5 nitrogen and oxygen atoms in total. The van der Waals surface area contributed by atoms with Crippen molar-refractivity contribution in [2.45, 2.75) is 12.5 Å². The zero-order valence-electron chi connectivity index (χ0n) is 9.96. The normalized spacial score (nSPS) is 11.8. The first kappa shape index (κ1) is 13.6. The van der Waals surface area contributed by atoms with E-state index in [0.29, 0.717) is 6.42 Å². The van der Waals surface area contributed by atoms with Gasteiger partial charge in [0.05, 0.1) is 19.2 Å². The number of amides is 1. The topological polar surface area (TPSA) is 82.3 Å². The van der Waals surface area contributed by atoms with Crippen LogP contribution in [-0.2, 0) is 6.42 Å². The Kier molecular flexibility index (Phi) is 5.26. The highest BCUT2D eigenvalue weighted by Crippen LogP contribution is 2.13. The van der Waals surface area contributed by atoms with Crippen molar-refractivity contribution < 1.29 is 14.6 Å².